The largest absolute Gasteiger partial charge is 0.386 e. The van der Waals surface area contributed by atoms with Crippen LogP contribution in [0.2, 0.25) is 0 Å². The summed E-state index contributed by atoms with van der Waals surface area (Å²) in [6.45, 7) is 3.67. The smallest absolute Gasteiger partial charge is 0.322 e. The lowest BCUT2D eigenvalue weighted by atomic mass is 10.3. The maximum atomic E-state index is 13.0. The van der Waals surface area contributed by atoms with Gasteiger partial charge >= 0.3 is 6.03 Å². The minimum absolute atomic E-state index is 0.0405. The Morgan fingerprint density at radius 2 is 2.22 bits per heavy atom. The van der Waals surface area contributed by atoms with E-state index in [0.717, 1.165) is 0 Å². The average molecular weight is 252 g/mol. The van der Waals surface area contributed by atoms with E-state index in [-0.39, 0.29) is 18.4 Å². The zero-order valence-electron chi connectivity index (χ0n) is 10.4. The molecule has 0 fully saturated rings. The lowest BCUT2D eigenvalue weighted by molar-refractivity contribution is 0.206. The first-order valence-corrected chi connectivity index (χ1v) is 5.56. The van der Waals surface area contributed by atoms with Crippen LogP contribution in [0.25, 0.3) is 0 Å². The van der Waals surface area contributed by atoms with Crippen LogP contribution in [0.3, 0.4) is 0 Å². The third kappa shape index (κ3) is 4.04. The molecule has 18 heavy (non-hydrogen) atoms. The summed E-state index contributed by atoms with van der Waals surface area (Å²) in [5, 5.41) is 9.79. The van der Waals surface area contributed by atoms with Gasteiger partial charge in [0.05, 0.1) is 6.54 Å². The molecule has 1 aromatic carbocycles. The molecule has 0 saturated carbocycles. The summed E-state index contributed by atoms with van der Waals surface area (Å²) in [6, 6.07) is 5.10. The Morgan fingerprint density at radius 1 is 1.56 bits per heavy atom. The number of urea groups is 1. The monoisotopic (exact) mass is 252 g/mol. The molecule has 2 amide bonds. The fourth-order valence-corrected chi connectivity index (χ4v) is 1.43. The minimum atomic E-state index is -0.421. The van der Waals surface area contributed by atoms with E-state index in [0.29, 0.717) is 5.69 Å². The van der Waals surface area contributed by atoms with Crippen LogP contribution in [-0.2, 0) is 0 Å². The third-order valence-corrected chi connectivity index (χ3v) is 2.30. The van der Waals surface area contributed by atoms with E-state index in [2.05, 4.69) is 5.32 Å². The summed E-state index contributed by atoms with van der Waals surface area (Å²) >= 11 is 0. The molecule has 0 atom stereocenters. The van der Waals surface area contributed by atoms with Gasteiger partial charge in [0.2, 0.25) is 0 Å². The second kappa shape index (κ2) is 6.00. The number of hydrogen-bond acceptors (Lipinski definition) is 2. The Balaban J connectivity index is 2.75. The van der Waals surface area contributed by atoms with Gasteiger partial charge in [-0.25, -0.2) is 9.18 Å². The molecule has 1 rings (SSSR count). The van der Waals surface area contributed by atoms with E-state index in [1.54, 1.807) is 6.07 Å². The average Bonchev–Trinajstić information content (AvgIpc) is 2.25. The second-order valence-corrected chi connectivity index (χ2v) is 4.19. The van der Waals surface area contributed by atoms with Crippen LogP contribution >= 0.6 is 0 Å². The molecule has 0 aliphatic rings. The number of hydrogen-bond donors (Lipinski definition) is 3. The number of halogens is 1. The summed E-state index contributed by atoms with van der Waals surface area (Å²) in [7, 11) is 0. The molecule has 0 spiro atoms. The van der Waals surface area contributed by atoms with Crippen LogP contribution in [-0.4, -0.2) is 29.4 Å². The molecular weight excluding hydrogens is 235 g/mol. The van der Waals surface area contributed by atoms with Gasteiger partial charge in [0.1, 0.15) is 11.7 Å². The van der Waals surface area contributed by atoms with Crippen LogP contribution in [0, 0.1) is 11.2 Å². The summed E-state index contributed by atoms with van der Waals surface area (Å²) in [6.07, 6.45) is 0. The highest BCUT2D eigenvalue weighted by Crippen LogP contribution is 2.11. The van der Waals surface area contributed by atoms with Gasteiger partial charge in [0, 0.05) is 11.7 Å². The minimum Gasteiger partial charge on any atom is -0.386 e. The molecule has 0 aliphatic heterocycles. The molecule has 4 N–H and O–H groups in total. The van der Waals surface area contributed by atoms with Gasteiger partial charge in [-0.1, -0.05) is 6.07 Å². The van der Waals surface area contributed by atoms with Crippen LogP contribution in [0.15, 0.2) is 24.3 Å². The van der Waals surface area contributed by atoms with E-state index in [4.69, 9.17) is 11.1 Å². The second-order valence-electron chi connectivity index (χ2n) is 4.19. The SMILES string of the molecule is CC(C)N(CC(=N)N)C(=O)Nc1cccc(F)c1. The maximum absolute atomic E-state index is 13.0. The predicted octanol–water partition coefficient (Wildman–Crippen LogP) is 2.00. The number of nitrogens with two attached hydrogens (primary N) is 1. The summed E-state index contributed by atoms with van der Waals surface area (Å²) in [5.41, 5.74) is 5.66. The Hall–Kier alpha value is -2.11. The fourth-order valence-electron chi connectivity index (χ4n) is 1.43. The predicted molar refractivity (Wildman–Crippen MR) is 69.2 cm³/mol. The number of carbonyl (C=O) groups is 1. The first kappa shape index (κ1) is 14.0. The van der Waals surface area contributed by atoms with Gasteiger partial charge in [-0.2, -0.15) is 0 Å². The first-order chi connectivity index (χ1) is 8.40. The first-order valence-electron chi connectivity index (χ1n) is 5.56. The topological polar surface area (TPSA) is 82.2 Å². The normalized spacial score (nSPS) is 10.2. The lowest BCUT2D eigenvalue weighted by Gasteiger charge is -2.26. The molecule has 0 saturated heterocycles. The molecule has 0 radical (unpaired) electrons. The van der Waals surface area contributed by atoms with Crippen molar-refractivity contribution in [3.8, 4) is 0 Å². The highest BCUT2D eigenvalue weighted by atomic mass is 19.1. The number of benzene rings is 1. The van der Waals surface area contributed by atoms with Crippen molar-refractivity contribution in [2.24, 2.45) is 5.73 Å². The van der Waals surface area contributed by atoms with Crippen molar-refractivity contribution in [1.82, 2.24) is 4.90 Å². The van der Waals surface area contributed by atoms with Crippen molar-refractivity contribution in [2.75, 3.05) is 11.9 Å². The Labute approximate surface area is 105 Å². The van der Waals surface area contributed by atoms with Crippen molar-refractivity contribution >= 4 is 17.6 Å². The zero-order valence-corrected chi connectivity index (χ0v) is 10.4. The molecule has 6 heteroatoms. The molecule has 5 nitrogen and oxygen atoms in total. The molecule has 0 heterocycles. The lowest BCUT2D eigenvalue weighted by Crippen LogP contribution is -2.44. The number of amides is 2. The van der Waals surface area contributed by atoms with E-state index < -0.39 is 11.8 Å². The molecule has 0 unspecified atom stereocenters. The van der Waals surface area contributed by atoms with E-state index in [9.17, 15) is 9.18 Å². The molecule has 1 aromatic rings. The number of carbonyl (C=O) groups excluding carboxylic acids is 1. The van der Waals surface area contributed by atoms with E-state index in [1.807, 2.05) is 13.8 Å². The highest BCUT2D eigenvalue weighted by Gasteiger charge is 2.17. The standard InChI is InChI=1S/C12H17FN4O/c1-8(2)17(7-11(14)15)12(18)16-10-5-3-4-9(13)6-10/h3-6,8H,7H2,1-2H3,(H3,14,15)(H,16,18). The van der Waals surface area contributed by atoms with Crippen molar-refractivity contribution < 1.29 is 9.18 Å². The van der Waals surface area contributed by atoms with Crippen LogP contribution in [0.5, 0.6) is 0 Å². The molecule has 0 aliphatic carbocycles. The van der Waals surface area contributed by atoms with Gasteiger partial charge in [-0.05, 0) is 32.0 Å². The molecule has 0 aromatic heterocycles. The number of anilines is 1. The van der Waals surface area contributed by atoms with Crippen molar-refractivity contribution in [3.63, 3.8) is 0 Å². The Bertz CT molecular complexity index is 447. The Morgan fingerprint density at radius 3 is 2.72 bits per heavy atom. The van der Waals surface area contributed by atoms with Gasteiger partial charge in [0.15, 0.2) is 0 Å². The molecular formula is C12H17FN4O. The van der Waals surface area contributed by atoms with E-state index >= 15 is 0 Å². The number of amidine groups is 1. The molecule has 98 valence electrons. The number of rotatable bonds is 4. The van der Waals surface area contributed by atoms with Crippen molar-refractivity contribution in [3.05, 3.63) is 30.1 Å². The fraction of sp³-hybridized carbons (Fsp3) is 0.333. The summed E-state index contributed by atoms with van der Waals surface area (Å²) < 4.78 is 13.0. The van der Waals surface area contributed by atoms with Crippen LogP contribution in [0.1, 0.15) is 13.8 Å². The maximum Gasteiger partial charge on any atom is 0.322 e. The Kier molecular flexibility index (Phi) is 4.65. The van der Waals surface area contributed by atoms with Crippen molar-refractivity contribution in [1.29, 1.82) is 5.41 Å². The quantitative estimate of drug-likeness (QED) is 0.566. The third-order valence-electron chi connectivity index (χ3n) is 2.30. The van der Waals surface area contributed by atoms with Crippen molar-refractivity contribution in [2.45, 2.75) is 19.9 Å². The van der Waals surface area contributed by atoms with Gasteiger partial charge in [0.25, 0.3) is 0 Å². The molecule has 0 bridgehead atoms. The number of nitrogens with zero attached hydrogens (tertiary/aromatic N) is 1. The summed E-state index contributed by atoms with van der Waals surface area (Å²) in [4.78, 5) is 13.3. The van der Waals surface area contributed by atoms with Crippen LogP contribution < -0.4 is 11.1 Å². The highest BCUT2D eigenvalue weighted by molar-refractivity contribution is 5.92. The number of nitrogens with one attached hydrogen (secondary N) is 2. The van der Waals surface area contributed by atoms with Gasteiger partial charge in [-0.3, -0.25) is 5.41 Å². The van der Waals surface area contributed by atoms with Crippen LogP contribution in [0.4, 0.5) is 14.9 Å². The van der Waals surface area contributed by atoms with Gasteiger partial charge in [-0.15, -0.1) is 0 Å². The summed E-state index contributed by atoms with van der Waals surface area (Å²) in [5.74, 6) is -0.520. The zero-order chi connectivity index (χ0) is 13.7. The van der Waals surface area contributed by atoms with Gasteiger partial charge < -0.3 is 16.0 Å². The van der Waals surface area contributed by atoms with E-state index in [1.165, 1.54) is 23.1 Å².